The van der Waals surface area contributed by atoms with Crippen molar-refractivity contribution >= 4 is 23.5 Å². The number of nitrogens with one attached hydrogen (secondary N) is 4. The fraction of sp³-hybridized carbons (Fsp3) is 0.545. The van der Waals surface area contributed by atoms with Gasteiger partial charge in [0.1, 0.15) is 11.8 Å². The predicted octanol–water partition coefficient (Wildman–Crippen LogP) is 3.13. The average molecular weight is 425 g/mol. The van der Waals surface area contributed by atoms with Crippen molar-refractivity contribution in [2.45, 2.75) is 63.0 Å². The van der Waals surface area contributed by atoms with Crippen LogP contribution in [0.15, 0.2) is 18.3 Å². The van der Waals surface area contributed by atoms with Gasteiger partial charge in [-0.2, -0.15) is 5.10 Å². The zero-order valence-electron chi connectivity index (χ0n) is 17.8. The van der Waals surface area contributed by atoms with Crippen LogP contribution < -0.4 is 16.0 Å². The number of aryl methyl sites for hydroxylation is 1. The number of H-pyrrole nitrogens is 1. The van der Waals surface area contributed by atoms with E-state index in [1.165, 1.54) is 0 Å². The molecule has 9 heteroatoms. The first kappa shape index (κ1) is 19.8. The molecule has 0 aliphatic heterocycles. The molecule has 2 bridgehead atoms. The number of aromatic nitrogens is 3. The Hall–Kier alpha value is -3.10. The van der Waals surface area contributed by atoms with Crippen LogP contribution in [0.25, 0.3) is 0 Å². The summed E-state index contributed by atoms with van der Waals surface area (Å²) >= 11 is 0. The van der Waals surface area contributed by atoms with Gasteiger partial charge in [0.15, 0.2) is 5.82 Å². The van der Waals surface area contributed by atoms with Crippen LogP contribution in [-0.4, -0.2) is 45.9 Å². The highest BCUT2D eigenvalue weighted by Crippen LogP contribution is 2.57. The maximum Gasteiger partial charge on any atom is 0.407 e. The van der Waals surface area contributed by atoms with Gasteiger partial charge in [-0.15, -0.1) is 0 Å². The largest absolute Gasteiger partial charge is 0.446 e. The van der Waals surface area contributed by atoms with Crippen molar-refractivity contribution < 1.29 is 14.3 Å². The summed E-state index contributed by atoms with van der Waals surface area (Å²) in [6, 6.07) is 3.73. The number of aromatic amines is 1. The molecule has 0 radical (unpaired) electrons. The van der Waals surface area contributed by atoms with E-state index in [1.807, 2.05) is 13.0 Å². The van der Waals surface area contributed by atoms with Gasteiger partial charge < -0.3 is 20.7 Å². The molecule has 31 heavy (non-hydrogen) atoms. The van der Waals surface area contributed by atoms with Gasteiger partial charge in [-0.25, -0.2) is 9.78 Å². The molecule has 2 amide bonds. The number of rotatable bonds is 6. The molecule has 2 atom stereocenters. The molecule has 2 heterocycles. The van der Waals surface area contributed by atoms with Gasteiger partial charge in [0.05, 0.1) is 11.9 Å². The fourth-order valence-electron chi connectivity index (χ4n) is 5.05. The first-order valence-corrected chi connectivity index (χ1v) is 10.9. The third-order valence-electron chi connectivity index (χ3n) is 6.93. The molecule has 0 unspecified atom stereocenters. The summed E-state index contributed by atoms with van der Waals surface area (Å²) < 4.78 is 5.68. The molecule has 164 valence electrons. The molecular formula is C22H28N6O3. The number of hydrogen-bond acceptors (Lipinski definition) is 6. The molecule has 0 saturated heterocycles. The first-order chi connectivity index (χ1) is 14.9. The lowest BCUT2D eigenvalue weighted by Crippen LogP contribution is -2.68. The van der Waals surface area contributed by atoms with E-state index in [2.05, 4.69) is 31.1 Å². The van der Waals surface area contributed by atoms with E-state index >= 15 is 0 Å². The third-order valence-corrected chi connectivity index (χ3v) is 6.93. The molecule has 9 nitrogen and oxygen atoms in total. The van der Waals surface area contributed by atoms with Crippen molar-refractivity contribution in [3.63, 3.8) is 0 Å². The summed E-state index contributed by atoms with van der Waals surface area (Å²) in [5.41, 5.74) is 3.16. The fourth-order valence-corrected chi connectivity index (χ4v) is 5.05. The maximum absolute atomic E-state index is 12.2. The molecule has 4 N–H and O–H groups in total. The number of amides is 2. The normalized spacial score (nSPS) is 28.3. The standard InChI is InChI=1S/C22H28N6O3/c1-12-5-17(20(29)23-2)24-11-18(12)25-19-7-16(27-28-19)14-3-4-15(6-14)31-21(30)26-22-8-13(9-22)10-22/h5,7,11,13-15H,3-4,6,8-10H2,1-2H3,(H,23,29)(H,26,30)(H2,25,27,28)/t13?,14-,15+,22?/m0/s1. The van der Waals surface area contributed by atoms with E-state index in [9.17, 15) is 9.59 Å². The molecule has 0 aromatic carbocycles. The molecule has 0 spiro atoms. The van der Waals surface area contributed by atoms with Gasteiger partial charge in [0.25, 0.3) is 5.91 Å². The minimum absolute atomic E-state index is 0.0508. The van der Waals surface area contributed by atoms with Gasteiger partial charge in [0.2, 0.25) is 0 Å². The Morgan fingerprint density at radius 1 is 1.23 bits per heavy atom. The molecule has 2 aromatic heterocycles. The monoisotopic (exact) mass is 424 g/mol. The second kappa shape index (κ2) is 7.55. The second-order valence-electron chi connectivity index (χ2n) is 9.22. The Morgan fingerprint density at radius 2 is 2.03 bits per heavy atom. The third kappa shape index (κ3) is 3.84. The van der Waals surface area contributed by atoms with E-state index in [0.717, 1.165) is 61.4 Å². The number of nitrogens with zero attached hydrogens (tertiary/aromatic N) is 2. The number of carbonyl (C=O) groups excluding carboxylic acids is 2. The highest BCUT2D eigenvalue weighted by Gasteiger charge is 2.57. The van der Waals surface area contributed by atoms with Crippen LogP contribution in [0.4, 0.5) is 16.3 Å². The second-order valence-corrected chi connectivity index (χ2v) is 9.22. The predicted molar refractivity (Wildman–Crippen MR) is 114 cm³/mol. The van der Waals surface area contributed by atoms with Gasteiger partial charge >= 0.3 is 6.09 Å². The summed E-state index contributed by atoms with van der Waals surface area (Å²) in [6.45, 7) is 1.92. The topological polar surface area (TPSA) is 121 Å². The van der Waals surface area contributed by atoms with E-state index in [4.69, 9.17) is 4.74 Å². The Morgan fingerprint density at radius 3 is 2.71 bits per heavy atom. The molecule has 6 rings (SSSR count). The molecule has 4 fully saturated rings. The highest BCUT2D eigenvalue weighted by atomic mass is 16.6. The Balaban J connectivity index is 1.15. The Labute approximate surface area is 180 Å². The van der Waals surface area contributed by atoms with Crippen molar-refractivity contribution in [2.24, 2.45) is 5.92 Å². The average Bonchev–Trinajstić information content (AvgIpc) is 3.34. The number of ether oxygens (including phenoxy) is 1. The van der Waals surface area contributed by atoms with Crippen LogP contribution in [0.5, 0.6) is 0 Å². The summed E-state index contributed by atoms with van der Waals surface area (Å²) in [5.74, 6) is 1.59. The minimum atomic E-state index is -0.265. The molecule has 4 saturated carbocycles. The van der Waals surface area contributed by atoms with E-state index in [1.54, 1.807) is 19.3 Å². The lowest BCUT2D eigenvalue weighted by atomic mass is 9.50. The van der Waals surface area contributed by atoms with Crippen LogP contribution >= 0.6 is 0 Å². The summed E-state index contributed by atoms with van der Waals surface area (Å²) in [4.78, 5) is 28.1. The highest BCUT2D eigenvalue weighted by molar-refractivity contribution is 5.92. The van der Waals surface area contributed by atoms with Gasteiger partial charge in [-0.1, -0.05) is 0 Å². The Bertz CT molecular complexity index is 1000. The van der Waals surface area contributed by atoms with Crippen molar-refractivity contribution in [1.82, 2.24) is 25.8 Å². The SMILES string of the molecule is CNC(=O)c1cc(C)c(Nc2cc([C@H]3CC[C@@H](OC(=O)NC45CC(C4)C5)C3)[nH]n2)cn1. The summed E-state index contributed by atoms with van der Waals surface area (Å²) in [7, 11) is 1.58. The van der Waals surface area contributed by atoms with Crippen LogP contribution in [0.1, 0.15) is 66.2 Å². The van der Waals surface area contributed by atoms with Crippen molar-refractivity contribution in [3.8, 4) is 0 Å². The van der Waals surface area contributed by atoms with E-state index in [-0.39, 0.29) is 29.6 Å². The summed E-state index contributed by atoms with van der Waals surface area (Å²) in [6.07, 6.45) is 7.27. The number of hydrogen-bond donors (Lipinski definition) is 4. The number of carbonyl (C=O) groups is 2. The molecule has 2 aromatic rings. The first-order valence-electron chi connectivity index (χ1n) is 10.9. The molecule has 4 aliphatic carbocycles. The van der Waals surface area contributed by atoms with Gasteiger partial charge in [-0.3, -0.25) is 9.89 Å². The maximum atomic E-state index is 12.2. The summed E-state index contributed by atoms with van der Waals surface area (Å²) in [5, 5.41) is 16.4. The smallest absolute Gasteiger partial charge is 0.407 e. The van der Waals surface area contributed by atoms with Crippen LogP contribution in [0, 0.1) is 12.8 Å². The van der Waals surface area contributed by atoms with Crippen molar-refractivity contribution in [1.29, 1.82) is 0 Å². The lowest BCUT2D eigenvalue weighted by Gasteiger charge is -2.61. The Kier molecular flexibility index (Phi) is 4.83. The van der Waals surface area contributed by atoms with Gasteiger partial charge in [-0.05, 0) is 63.0 Å². The zero-order valence-corrected chi connectivity index (χ0v) is 17.8. The molecular weight excluding hydrogens is 396 g/mol. The number of anilines is 2. The number of alkyl carbamates (subject to hydrolysis) is 1. The van der Waals surface area contributed by atoms with E-state index in [0.29, 0.717) is 11.5 Å². The van der Waals surface area contributed by atoms with Crippen LogP contribution in [0.2, 0.25) is 0 Å². The van der Waals surface area contributed by atoms with Crippen LogP contribution in [0.3, 0.4) is 0 Å². The number of pyridine rings is 1. The zero-order chi connectivity index (χ0) is 21.6. The van der Waals surface area contributed by atoms with E-state index < -0.39 is 0 Å². The van der Waals surface area contributed by atoms with Crippen molar-refractivity contribution in [3.05, 3.63) is 35.3 Å². The lowest BCUT2D eigenvalue weighted by molar-refractivity contribution is -0.0506. The quantitative estimate of drug-likeness (QED) is 0.565. The minimum Gasteiger partial charge on any atom is -0.446 e. The van der Waals surface area contributed by atoms with Gasteiger partial charge in [0, 0.05) is 30.3 Å². The van der Waals surface area contributed by atoms with Crippen molar-refractivity contribution in [2.75, 3.05) is 12.4 Å². The van der Waals surface area contributed by atoms with Crippen LogP contribution in [-0.2, 0) is 4.74 Å². The molecule has 4 aliphatic rings.